The van der Waals surface area contributed by atoms with Crippen molar-refractivity contribution in [2.75, 3.05) is 0 Å². The maximum absolute atomic E-state index is 6.42. The van der Waals surface area contributed by atoms with Crippen molar-refractivity contribution in [3.05, 3.63) is 194 Å². The Morgan fingerprint density at radius 2 is 0.811 bits per heavy atom. The molecule has 0 radical (unpaired) electrons. The van der Waals surface area contributed by atoms with E-state index in [0.29, 0.717) is 0 Å². The molecule has 0 atom stereocenters. The van der Waals surface area contributed by atoms with E-state index in [0.717, 1.165) is 21.9 Å². The fraction of sp³-hybridized carbons (Fsp3) is 0. The summed E-state index contributed by atoms with van der Waals surface area (Å²) in [6.45, 7) is 0. The van der Waals surface area contributed by atoms with Crippen LogP contribution in [0.4, 0.5) is 0 Å². The van der Waals surface area contributed by atoms with Gasteiger partial charge in [-0.05, 0) is 106 Å². The van der Waals surface area contributed by atoms with Gasteiger partial charge in [0.1, 0.15) is 11.2 Å². The van der Waals surface area contributed by atoms with Gasteiger partial charge in [0.2, 0.25) is 0 Å². The fourth-order valence-corrected chi connectivity index (χ4v) is 8.69. The second kappa shape index (κ2) is 11.8. The Morgan fingerprint density at radius 3 is 1.51 bits per heavy atom. The van der Waals surface area contributed by atoms with Gasteiger partial charge in [-0.2, -0.15) is 0 Å². The average Bonchev–Trinajstić information content (AvgIpc) is 3.59. The maximum Gasteiger partial charge on any atom is 0.136 e. The van der Waals surface area contributed by atoms with Crippen molar-refractivity contribution in [1.82, 2.24) is 0 Å². The molecule has 0 N–H and O–H groups in total. The third-order valence-corrected chi connectivity index (χ3v) is 11.0. The summed E-state index contributed by atoms with van der Waals surface area (Å²) >= 11 is 0. The van der Waals surface area contributed by atoms with Crippen LogP contribution in [0, 0.1) is 0 Å². The van der Waals surface area contributed by atoms with Crippen LogP contribution >= 0.6 is 0 Å². The second-order valence-corrected chi connectivity index (χ2v) is 14.0. The van der Waals surface area contributed by atoms with E-state index in [1.165, 1.54) is 87.6 Å². The van der Waals surface area contributed by atoms with Gasteiger partial charge in [0.25, 0.3) is 0 Å². The summed E-state index contributed by atoms with van der Waals surface area (Å²) in [5, 5.41) is 12.2. The molecular weight excluding hydrogens is 641 g/mol. The molecule has 10 aromatic carbocycles. The van der Waals surface area contributed by atoms with Gasteiger partial charge < -0.3 is 4.42 Å². The Hall–Kier alpha value is -6.96. The zero-order chi connectivity index (χ0) is 34.9. The highest BCUT2D eigenvalue weighted by Crippen LogP contribution is 2.48. The van der Waals surface area contributed by atoms with E-state index in [4.69, 9.17) is 4.42 Å². The molecule has 0 aliphatic heterocycles. The van der Waals surface area contributed by atoms with E-state index >= 15 is 0 Å². The third-order valence-electron chi connectivity index (χ3n) is 11.0. The number of hydrogen-bond donors (Lipinski definition) is 0. The third kappa shape index (κ3) is 4.64. The topological polar surface area (TPSA) is 13.1 Å². The van der Waals surface area contributed by atoms with Gasteiger partial charge in [-0.3, -0.25) is 0 Å². The Labute approximate surface area is 307 Å². The summed E-state index contributed by atoms with van der Waals surface area (Å²) in [5.74, 6) is 0. The van der Waals surface area contributed by atoms with Crippen molar-refractivity contribution < 1.29 is 4.42 Å². The van der Waals surface area contributed by atoms with Gasteiger partial charge in [0, 0.05) is 10.8 Å². The Balaban J connectivity index is 1.13. The molecule has 0 unspecified atom stereocenters. The van der Waals surface area contributed by atoms with Gasteiger partial charge in [-0.25, -0.2) is 0 Å². The molecule has 0 saturated carbocycles. The van der Waals surface area contributed by atoms with Crippen LogP contribution < -0.4 is 0 Å². The number of furan rings is 1. The molecule has 11 rings (SSSR count). The molecular formula is C52H32O. The average molecular weight is 673 g/mol. The normalized spacial score (nSPS) is 11.8. The standard InChI is InChI=1S/C52H32O/c1-2-14-35(15-3-1)49-39-18-7-6-13-33(39)29-30-45(49)51-43-21-10-8-19-41(43)50(42-20-9-11-22-44(42)51)36-27-25-34(26-28-36)40-23-12-24-47-52(40)46-31-37-16-4-5-17-38(37)32-48(46)53-47/h1-32H. The molecule has 246 valence electrons. The Morgan fingerprint density at radius 1 is 0.264 bits per heavy atom. The van der Waals surface area contributed by atoms with E-state index in [2.05, 4.69) is 194 Å². The number of rotatable bonds is 4. The number of hydrogen-bond acceptors (Lipinski definition) is 1. The van der Waals surface area contributed by atoms with Crippen molar-refractivity contribution in [2.45, 2.75) is 0 Å². The van der Waals surface area contributed by atoms with Gasteiger partial charge in [0.05, 0.1) is 0 Å². The summed E-state index contributed by atoms with van der Waals surface area (Å²) in [5.41, 5.74) is 11.6. The Kier molecular flexibility index (Phi) is 6.62. The largest absolute Gasteiger partial charge is 0.456 e. The summed E-state index contributed by atoms with van der Waals surface area (Å²) in [7, 11) is 0. The van der Waals surface area contributed by atoms with Crippen molar-refractivity contribution in [3.8, 4) is 44.5 Å². The molecule has 0 spiro atoms. The minimum atomic E-state index is 0.910. The van der Waals surface area contributed by atoms with Crippen LogP contribution in [0.1, 0.15) is 0 Å². The van der Waals surface area contributed by atoms with Crippen molar-refractivity contribution in [1.29, 1.82) is 0 Å². The summed E-state index contributed by atoms with van der Waals surface area (Å²) < 4.78 is 6.42. The molecule has 1 nitrogen and oxygen atoms in total. The zero-order valence-electron chi connectivity index (χ0n) is 28.9. The van der Waals surface area contributed by atoms with Crippen molar-refractivity contribution in [3.63, 3.8) is 0 Å². The molecule has 0 aliphatic carbocycles. The predicted molar refractivity (Wildman–Crippen MR) is 225 cm³/mol. The van der Waals surface area contributed by atoms with Crippen LogP contribution in [-0.4, -0.2) is 0 Å². The maximum atomic E-state index is 6.42. The van der Waals surface area contributed by atoms with Crippen LogP contribution in [0.3, 0.4) is 0 Å². The van der Waals surface area contributed by atoms with E-state index in [9.17, 15) is 0 Å². The summed E-state index contributed by atoms with van der Waals surface area (Å²) in [6, 6.07) is 70.6. The molecule has 1 aromatic heterocycles. The number of benzene rings is 10. The minimum Gasteiger partial charge on any atom is -0.456 e. The lowest BCUT2D eigenvalue weighted by molar-refractivity contribution is 0.669. The number of fused-ring (bicyclic) bond motifs is 7. The molecule has 1 heterocycles. The second-order valence-electron chi connectivity index (χ2n) is 14.0. The first-order valence-corrected chi connectivity index (χ1v) is 18.3. The fourth-order valence-electron chi connectivity index (χ4n) is 8.69. The lowest BCUT2D eigenvalue weighted by Gasteiger charge is -2.21. The smallest absolute Gasteiger partial charge is 0.136 e. The first-order valence-electron chi connectivity index (χ1n) is 18.3. The highest BCUT2D eigenvalue weighted by atomic mass is 16.3. The first kappa shape index (κ1) is 29.7. The SMILES string of the molecule is c1ccc(-c2c(-c3c4ccccc4c(-c4ccc(-c5cccc6oc7cc8ccccc8cc7c56)cc4)c4ccccc34)ccc3ccccc23)cc1. The highest BCUT2D eigenvalue weighted by molar-refractivity contribution is 6.24. The predicted octanol–water partition coefficient (Wildman–Crippen LogP) is 14.9. The summed E-state index contributed by atoms with van der Waals surface area (Å²) in [4.78, 5) is 0. The van der Waals surface area contributed by atoms with E-state index < -0.39 is 0 Å². The van der Waals surface area contributed by atoms with E-state index in [1.54, 1.807) is 0 Å². The molecule has 53 heavy (non-hydrogen) atoms. The highest BCUT2D eigenvalue weighted by Gasteiger charge is 2.21. The van der Waals surface area contributed by atoms with Gasteiger partial charge >= 0.3 is 0 Å². The molecule has 0 saturated heterocycles. The zero-order valence-corrected chi connectivity index (χ0v) is 28.9. The van der Waals surface area contributed by atoms with E-state index in [-0.39, 0.29) is 0 Å². The van der Waals surface area contributed by atoms with Crippen LogP contribution in [0.25, 0.3) is 110 Å². The molecule has 0 fully saturated rings. The van der Waals surface area contributed by atoms with Crippen molar-refractivity contribution >= 4 is 65.0 Å². The van der Waals surface area contributed by atoms with Gasteiger partial charge in [-0.15, -0.1) is 0 Å². The minimum absolute atomic E-state index is 0.910. The van der Waals surface area contributed by atoms with Crippen molar-refractivity contribution in [2.24, 2.45) is 0 Å². The molecule has 11 aromatic rings. The quantitative estimate of drug-likeness (QED) is 0.170. The Bertz CT molecular complexity index is 3150. The first-order chi connectivity index (χ1) is 26.3. The lowest BCUT2D eigenvalue weighted by Crippen LogP contribution is -1.93. The summed E-state index contributed by atoms with van der Waals surface area (Å²) in [6.07, 6.45) is 0. The monoisotopic (exact) mass is 672 g/mol. The van der Waals surface area contributed by atoms with Crippen LogP contribution in [0.2, 0.25) is 0 Å². The van der Waals surface area contributed by atoms with Crippen LogP contribution in [0.15, 0.2) is 199 Å². The molecule has 0 amide bonds. The molecule has 1 heteroatoms. The van der Waals surface area contributed by atoms with E-state index in [1.807, 2.05) is 0 Å². The van der Waals surface area contributed by atoms with Gasteiger partial charge in [-0.1, -0.05) is 176 Å². The molecule has 0 aliphatic rings. The van der Waals surface area contributed by atoms with Crippen LogP contribution in [0.5, 0.6) is 0 Å². The van der Waals surface area contributed by atoms with Crippen LogP contribution in [-0.2, 0) is 0 Å². The molecule has 0 bridgehead atoms. The van der Waals surface area contributed by atoms with Gasteiger partial charge in [0.15, 0.2) is 0 Å². The lowest BCUT2D eigenvalue weighted by atomic mass is 9.82.